The number of nitrogens with zero attached hydrogens (tertiary/aromatic N) is 2. The molecular formula is C27H29N2O3+. The highest BCUT2D eigenvalue weighted by molar-refractivity contribution is 6.08. The van der Waals surface area contributed by atoms with E-state index >= 15 is 0 Å². The van der Waals surface area contributed by atoms with Gasteiger partial charge in [0.05, 0.1) is 18.7 Å². The summed E-state index contributed by atoms with van der Waals surface area (Å²) in [6.45, 7) is 6.12. The molecule has 1 aliphatic heterocycles. The lowest BCUT2D eigenvalue weighted by Crippen LogP contribution is -2.21. The first kappa shape index (κ1) is 21.6. The molecule has 0 amide bonds. The first-order valence-corrected chi connectivity index (χ1v) is 10.9. The van der Waals surface area contributed by atoms with Gasteiger partial charge in [-0.15, -0.1) is 0 Å². The Labute approximate surface area is 188 Å². The van der Waals surface area contributed by atoms with Crippen molar-refractivity contribution in [1.82, 2.24) is 4.58 Å². The fraction of sp³-hybridized carbons (Fsp3) is 0.259. The Morgan fingerprint density at radius 3 is 2.41 bits per heavy atom. The number of benzene rings is 3. The second-order valence-electron chi connectivity index (χ2n) is 7.94. The van der Waals surface area contributed by atoms with Crippen LogP contribution in [0.2, 0.25) is 0 Å². The number of carbonyl (C=O) groups excluding carboxylic acids is 1. The number of methoxy groups -OCH3 is 1. The van der Waals surface area contributed by atoms with Crippen LogP contribution in [0.3, 0.4) is 0 Å². The van der Waals surface area contributed by atoms with E-state index in [1.165, 1.54) is 7.11 Å². The lowest BCUT2D eigenvalue weighted by molar-refractivity contribution is 0.0601. The van der Waals surface area contributed by atoms with E-state index in [2.05, 4.69) is 49.1 Å². The number of hydrogen-bond donors (Lipinski definition) is 0. The molecule has 0 atom stereocenters. The molecule has 2 aromatic carbocycles. The Balaban J connectivity index is 2.13. The quantitative estimate of drug-likeness (QED) is 0.258. The molecule has 1 aliphatic carbocycles. The third-order valence-electron chi connectivity index (χ3n) is 5.94. The summed E-state index contributed by atoms with van der Waals surface area (Å²) < 4.78 is 13.6. The van der Waals surface area contributed by atoms with Crippen LogP contribution in [0.5, 0.6) is 0 Å². The third kappa shape index (κ3) is 3.75. The summed E-state index contributed by atoms with van der Waals surface area (Å²) in [6, 6.07) is 20.1. The van der Waals surface area contributed by atoms with Crippen molar-refractivity contribution in [2.75, 3.05) is 39.2 Å². The SMILES string of the molecule is CCN(CC)c1ccc2c(-c3ccccc3C(=O)OC)c3ccc(=[N+](C)C)cc-3oc2c1. The predicted molar refractivity (Wildman–Crippen MR) is 130 cm³/mol. The van der Waals surface area contributed by atoms with Gasteiger partial charge in [-0.3, -0.25) is 0 Å². The van der Waals surface area contributed by atoms with Crippen molar-refractivity contribution in [3.8, 4) is 22.5 Å². The van der Waals surface area contributed by atoms with Gasteiger partial charge in [-0.2, -0.15) is 0 Å². The molecule has 0 aromatic heterocycles. The van der Waals surface area contributed by atoms with Crippen LogP contribution in [0.15, 0.2) is 65.1 Å². The Kier molecular flexibility index (Phi) is 5.99. The number of fused-ring (bicyclic) bond motifs is 2. The number of ether oxygens (including phenoxy) is 1. The van der Waals surface area contributed by atoms with Gasteiger partial charge in [0.1, 0.15) is 25.4 Å². The number of esters is 1. The second kappa shape index (κ2) is 8.87. The van der Waals surface area contributed by atoms with E-state index in [9.17, 15) is 4.79 Å². The Hall–Kier alpha value is -3.60. The monoisotopic (exact) mass is 429 g/mol. The Morgan fingerprint density at radius 1 is 0.969 bits per heavy atom. The normalized spacial score (nSPS) is 11.0. The topological polar surface area (TPSA) is 45.7 Å². The van der Waals surface area contributed by atoms with Gasteiger partial charge in [0.2, 0.25) is 5.36 Å². The van der Waals surface area contributed by atoms with Crippen LogP contribution in [0, 0.1) is 0 Å². The van der Waals surface area contributed by atoms with Crippen molar-refractivity contribution in [3.05, 3.63) is 71.6 Å². The van der Waals surface area contributed by atoms with Gasteiger partial charge in [-0.1, -0.05) is 18.2 Å². The summed E-state index contributed by atoms with van der Waals surface area (Å²) in [7, 11) is 5.43. The molecule has 164 valence electrons. The number of carbonyl (C=O) groups is 1. The summed E-state index contributed by atoms with van der Waals surface area (Å²) in [5.41, 5.74) is 5.19. The molecule has 2 aromatic rings. The Morgan fingerprint density at radius 2 is 1.72 bits per heavy atom. The fourth-order valence-electron chi connectivity index (χ4n) is 4.21. The predicted octanol–water partition coefficient (Wildman–Crippen LogP) is 4.87. The number of rotatable bonds is 5. The minimum atomic E-state index is -0.354. The highest BCUT2D eigenvalue weighted by Gasteiger charge is 2.22. The van der Waals surface area contributed by atoms with Gasteiger partial charge in [0, 0.05) is 47.4 Å². The van der Waals surface area contributed by atoms with Crippen molar-refractivity contribution < 1.29 is 13.9 Å². The van der Waals surface area contributed by atoms with E-state index in [1.54, 1.807) is 6.07 Å². The van der Waals surface area contributed by atoms with E-state index in [-0.39, 0.29) is 5.97 Å². The first-order chi connectivity index (χ1) is 15.5. The maximum absolute atomic E-state index is 12.6. The molecule has 0 spiro atoms. The highest BCUT2D eigenvalue weighted by atomic mass is 16.5. The molecule has 2 aliphatic rings. The largest absolute Gasteiger partial charge is 0.465 e. The van der Waals surface area contributed by atoms with Gasteiger partial charge in [-0.05, 0) is 43.7 Å². The maximum atomic E-state index is 12.6. The Bertz CT molecular complexity index is 1330. The zero-order valence-electron chi connectivity index (χ0n) is 19.3. The standard InChI is InChI=1S/C27H29N2O3/c1-6-29(7-2)19-13-15-23-25(17-19)32-24-16-18(28(3)4)12-14-22(24)26(23)20-10-8-9-11-21(20)27(30)31-5/h8-17H,6-7H2,1-5H3/q+1. The molecule has 1 heterocycles. The van der Waals surface area contributed by atoms with Crippen LogP contribution in [0.1, 0.15) is 24.2 Å². The zero-order chi connectivity index (χ0) is 22.8. The molecule has 0 radical (unpaired) electrons. The molecular weight excluding hydrogens is 400 g/mol. The summed E-state index contributed by atoms with van der Waals surface area (Å²) in [5, 5.41) is 2.01. The average Bonchev–Trinajstić information content (AvgIpc) is 2.82. The summed E-state index contributed by atoms with van der Waals surface area (Å²) >= 11 is 0. The van der Waals surface area contributed by atoms with Gasteiger partial charge in [0.25, 0.3) is 0 Å². The average molecular weight is 430 g/mol. The smallest absolute Gasteiger partial charge is 0.338 e. The summed E-state index contributed by atoms with van der Waals surface area (Å²) in [5.74, 6) is 0.419. The number of anilines is 1. The molecule has 4 rings (SSSR count). The molecule has 0 saturated heterocycles. The highest BCUT2D eigenvalue weighted by Crippen LogP contribution is 2.42. The van der Waals surface area contributed by atoms with Crippen LogP contribution >= 0.6 is 0 Å². The molecule has 0 saturated carbocycles. The van der Waals surface area contributed by atoms with Crippen LogP contribution in [-0.4, -0.2) is 40.3 Å². The number of hydrogen-bond acceptors (Lipinski definition) is 4. The summed E-state index contributed by atoms with van der Waals surface area (Å²) in [6.07, 6.45) is 0. The van der Waals surface area contributed by atoms with Gasteiger partial charge < -0.3 is 14.1 Å². The van der Waals surface area contributed by atoms with E-state index in [4.69, 9.17) is 9.15 Å². The first-order valence-electron chi connectivity index (χ1n) is 10.9. The van der Waals surface area contributed by atoms with E-state index in [0.717, 1.165) is 57.6 Å². The van der Waals surface area contributed by atoms with Gasteiger partial charge in [0.15, 0.2) is 0 Å². The van der Waals surface area contributed by atoms with Crippen LogP contribution in [0.4, 0.5) is 5.69 Å². The fourth-order valence-corrected chi connectivity index (χ4v) is 4.21. The molecule has 0 bridgehead atoms. The van der Waals surface area contributed by atoms with Gasteiger partial charge in [-0.25, -0.2) is 9.37 Å². The molecule has 0 unspecified atom stereocenters. The van der Waals surface area contributed by atoms with Crippen LogP contribution in [0.25, 0.3) is 33.4 Å². The van der Waals surface area contributed by atoms with Crippen molar-refractivity contribution in [1.29, 1.82) is 0 Å². The van der Waals surface area contributed by atoms with Crippen molar-refractivity contribution in [2.45, 2.75) is 13.8 Å². The molecule has 32 heavy (non-hydrogen) atoms. The van der Waals surface area contributed by atoms with Crippen LogP contribution < -0.4 is 14.8 Å². The molecule has 0 N–H and O–H groups in total. The van der Waals surface area contributed by atoms with Crippen molar-refractivity contribution >= 4 is 22.6 Å². The third-order valence-corrected chi connectivity index (χ3v) is 5.94. The molecule has 5 heteroatoms. The van der Waals surface area contributed by atoms with Crippen molar-refractivity contribution in [3.63, 3.8) is 0 Å². The minimum absolute atomic E-state index is 0.354. The van der Waals surface area contributed by atoms with E-state index in [1.807, 2.05) is 42.9 Å². The van der Waals surface area contributed by atoms with Crippen LogP contribution in [-0.2, 0) is 4.74 Å². The second-order valence-corrected chi connectivity index (χ2v) is 7.94. The lowest BCUT2D eigenvalue weighted by Gasteiger charge is -2.22. The zero-order valence-corrected chi connectivity index (χ0v) is 19.3. The minimum Gasteiger partial charge on any atom is -0.465 e. The van der Waals surface area contributed by atoms with E-state index < -0.39 is 0 Å². The molecule has 0 fully saturated rings. The lowest BCUT2D eigenvalue weighted by atomic mass is 9.90. The van der Waals surface area contributed by atoms with Crippen molar-refractivity contribution in [2.24, 2.45) is 0 Å². The summed E-state index contributed by atoms with van der Waals surface area (Å²) in [4.78, 5) is 14.9. The van der Waals surface area contributed by atoms with E-state index in [0.29, 0.717) is 5.56 Å². The molecule has 5 nitrogen and oxygen atoms in total. The van der Waals surface area contributed by atoms with Gasteiger partial charge >= 0.3 is 5.97 Å². The maximum Gasteiger partial charge on any atom is 0.338 e.